The molecule has 0 spiro atoms. The van der Waals surface area contributed by atoms with Gasteiger partial charge in [-0.15, -0.1) is 23.1 Å². The van der Waals surface area contributed by atoms with Crippen molar-refractivity contribution in [3.8, 4) is 6.07 Å². The lowest BCUT2D eigenvalue weighted by molar-refractivity contribution is 0.134. The van der Waals surface area contributed by atoms with Gasteiger partial charge in [0.2, 0.25) is 0 Å². The van der Waals surface area contributed by atoms with E-state index in [9.17, 15) is 5.26 Å². The van der Waals surface area contributed by atoms with Gasteiger partial charge in [0.15, 0.2) is 0 Å². The molecule has 2 aromatic rings. The maximum atomic E-state index is 10.0. The SMILES string of the molecule is Cc1ccc(SCCN2CCN(CCCC(C#N)(c3cccs3)C(C)C)CC2)cc1. The number of thiophene rings is 1. The van der Waals surface area contributed by atoms with Gasteiger partial charge in [-0.05, 0) is 55.8 Å². The van der Waals surface area contributed by atoms with Crippen LogP contribution in [0.25, 0.3) is 0 Å². The van der Waals surface area contributed by atoms with E-state index in [0.29, 0.717) is 5.92 Å². The van der Waals surface area contributed by atoms with E-state index < -0.39 is 0 Å². The summed E-state index contributed by atoms with van der Waals surface area (Å²) in [6.45, 7) is 13.4. The van der Waals surface area contributed by atoms with Crippen LogP contribution < -0.4 is 0 Å². The van der Waals surface area contributed by atoms with E-state index >= 15 is 0 Å². The molecule has 1 aliphatic heterocycles. The zero-order valence-corrected chi connectivity index (χ0v) is 20.3. The van der Waals surface area contributed by atoms with Gasteiger partial charge in [0, 0.05) is 48.2 Å². The van der Waals surface area contributed by atoms with Crippen molar-refractivity contribution in [2.75, 3.05) is 45.0 Å². The molecule has 5 heteroatoms. The maximum absolute atomic E-state index is 10.0. The van der Waals surface area contributed by atoms with Gasteiger partial charge in [0.25, 0.3) is 0 Å². The molecule has 2 heterocycles. The molecule has 1 fully saturated rings. The molecule has 0 bridgehead atoms. The highest BCUT2D eigenvalue weighted by Gasteiger charge is 2.36. The van der Waals surface area contributed by atoms with Gasteiger partial charge >= 0.3 is 0 Å². The molecule has 1 atom stereocenters. The standard InChI is InChI=1S/C25H35N3S2/c1-21(2)25(20-26,24-6-4-18-30-24)11-5-12-27-13-15-28(16-14-27)17-19-29-23-9-7-22(3)8-10-23/h4,6-10,18,21H,5,11-17,19H2,1-3H3. The molecule has 1 unspecified atom stereocenters. The normalized spacial score (nSPS) is 17.7. The number of nitrogens with zero attached hydrogens (tertiary/aromatic N) is 3. The Kier molecular flexibility index (Phi) is 8.83. The minimum atomic E-state index is -0.330. The summed E-state index contributed by atoms with van der Waals surface area (Å²) >= 11 is 3.69. The summed E-state index contributed by atoms with van der Waals surface area (Å²) in [6, 6.07) is 15.7. The van der Waals surface area contributed by atoms with E-state index in [0.717, 1.165) is 57.9 Å². The largest absolute Gasteiger partial charge is 0.301 e. The number of rotatable bonds is 10. The molecule has 0 aliphatic carbocycles. The Labute approximate surface area is 191 Å². The van der Waals surface area contributed by atoms with Crippen LogP contribution in [0.3, 0.4) is 0 Å². The van der Waals surface area contributed by atoms with Gasteiger partial charge in [0.05, 0.1) is 11.5 Å². The molecule has 1 aromatic carbocycles. The first-order chi connectivity index (χ1) is 14.5. The Morgan fingerprint density at radius 2 is 1.73 bits per heavy atom. The van der Waals surface area contributed by atoms with E-state index in [4.69, 9.17) is 0 Å². The fraction of sp³-hybridized carbons (Fsp3) is 0.560. The van der Waals surface area contributed by atoms with Crippen molar-refractivity contribution in [2.45, 2.75) is 43.9 Å². The molecule has 0 amide bonds. The van der Waals surface area contributed by atoms with E-state index in [1.54, 1.807) is 11.3 Å². The second-order valence-electron chi connectivity index (χ2n) is 8.66. The lowest BCUT2D eigenvalue weighted by atomic mass is 9.73. The van der Waals surface area contributed by atoms with Crippen molar-refractivity contribution in [2.24, 2.45) is 5.92 Å². The minimum absolute atomic E-state index is 0.330. The van der Waals surface area contributed by atoms with Gasteiger partial charge < -0.3 is 4.90 Å². The molecule has 30 heavy (non-hydrogen) atoms. The summed E-state index contributed by atoms with van der Waals surface area (Å²) < 4.78 is 0. The first-order valence-electron chi connectivity index (χ1n) is 11.1. The van der Waals surface area contributed by atoms with Crippen molar-refractivity contribution in [3.05, 3.63) is 52.2 Å². The average molecular weight is 442 g/mol. The second-order valence-corrected chi connectivity index (χ2v) is 10.8. The van der Waals surface area contributed by atoms with Gasteiger partial charge in [-0.2, -0.15) is 5.26 Å². The maximum Gasteiger partial charge on any atom is 0.0937 e. The van der Waals surface area contributed by atoms with Crippen LogP contribution in [0.15, 0.2) is 46.7 Å². The van der Waals surface area contributed by atoms with E-state index in [1.807, 2.05) is 11.8 Å². The Morgan fingerprint density at radius 1 is 1.07 bits per heavy atom. The highest BCUT2D eigenvalue weighted by atomic mass is 32.2. The molecule has 0 saturated carbocycles. The zero-order valence-electron chi connectivity index (χ0n) is 18.6. The quantitative estimate of drug-likeness (QED) is 0.445. The Balaban J connectivity index is 1.37. The number of hydrogen-bond donors (Lipinski definition) is 0. The first-order valence-corrected chi connectivity index (χ1v) is 13.0. The zero-order chi connectivity index (χ0) is 21.4. The third-order valence-electron chi connectivity index (χ3n) is 6.35. The molecule has 0 radical (unpaired) electrons. The van der Waals surface area contributed by atoms with Crippen LogP contribution in [-0.2, 0) is 5.41 Å². The monoisotopic (exact) mass is 441 g/mol. The van der Waals surface area contributed by atoms with E-state index in [-0.39, 0.29) is 5.41 Å². The fourth-order valence-electron chi connectivity index (χ4n) is 4.21. The van der Waals surface area contributed by atoms with Crippen molar-refractivity contribution in [1.29, 1.82) is 5.26 Å². The number of nitriles is 1. The summed E-state index contributed by atoms with van der Waals surface area (Å²) in [4.78, 5) is 7.78. The summed E-state index contributed by atoms with van der Waals surface area (Å²) in [7, 11) is 0. The summed E-state index contributed by atoms with van der Waals surface area (Å²) in [5.74, 6) is 1.49. The Morgan fingerprint density at radius 3 is 2.30 bits per heavy atom. The third kappa shape index (κ3) is 6.11. The van der Waals surface area contributed by atoms with Crippen LogP contribution >= 0.6 is 23.1 Å². The van der Waals surface area contributed by atoms with Crippen LogP contribution in [0, 0.1) is 24.2 Å². The molecule has 1 aromatic heterocycles. The Hall–Kier alpha value is -1.32. The molecule has 1 aliphatic rings. The van der Waals surface area contributed by atoms with Crippen LogP contribution in [-0.4, -0.2) is 54.8 Å². The van der Waals surface area contributed by atoms with Gasteiger partial charge in [-0.25, -0.2) is 0 Å². The smallest absolute Gasteiger partial charge is 0.0937 e. The highest BCUT2D eigenvalue weighted by molar-refractivity contribution is 7.99. The molecule has 1 saturated heterocycles. The molecule has 0 N–H and O–H groups in total. The molecule has 3 rings (SSSR count). The summed E-state index contributed by atoms with van der Waals surface area (Å²) in [6.07, 6.45) is 2.04. The number of benzene rings is 1. The number of aryl methyl sites for hydroxylation is 1. The van der Waals surface area contributed by atoms with Crippen molar-refractivity contribution in [3.63, 3.8) is 0 Å². The Bertz CT molecular complexity index is 787. The van der Waals surface area contributed by atoms with Gasteiger partial charge in [0.1, 0.15) is 0 Å². The summed E-state index contributed by atoms with van der Waals surface area (Å²) in [5, 5.41) is 12.1. The molecule has 162 valence electrons. The summed E-state index contributed by atoms with van der Waals surface area (Å²) in [5.41, 5.74) is 0.995. The lowest BCUT2D eigenvalue weighted by Crippen LogP contribution is -2.47. The molecular weight excluding hydrogens is 406 g/mol. The van der Waals surface area contributed by atoms with Crippen LogP contribution in [0.5, 0.6) is 0 Å². The number of hydrogen-bond acceptors (Lipinski definition) is 5. The number of piperazine rings is 1. The molecule has 3 nitrogen and oxygen atoms in total. The molecular formula is C25H35N3S2. The van der Waals surface area contributed by atoms with Crippen molar-refractivity contribution in [1.82, 2.24) is 9.80 Å². The van der Waals surface area contributed by atoms with Crippen LogP contribution in [0.2, 0.25) is 0 Å². The predicted molar refractivity (Wildman–Crippen MR) is 130 cm³/mol. The first kappa shape index (κ1) is 23.3. The van der Waals surface area contributed by atoms with Gasteiger partial charge in [-0.1, -0.05) is 37.6 Å². The number of thioether (sulfide) groups is 1. The van der Waals surface area contributed by atoms with Crippen LogP contribution in [0.1, 0.15) is 37.1 Å². The van der Waals surface area contributed by atoms with Crippen LogP contribution in [0.4, 0.5) is 0 Å². The fourth-order valence-corrected chi connectivity index (χ4v) is 6.18. The minimum Gasteiger partial charge on any atom is -0.301 e. The third-order valence-corrected chi connectivity index (χ3v) is 8.39. The highest BCUT2D eigenvalue weighted by Crippen LogP contribution is 2.39. The predicted octanol–water partition coefficient (Wildman–Crippen LogP) is 5.66. The topological polar surface area (TPSA) is 30.3 Å². The van der Waals surface area contributed by atoms with Crippen molar-refractivity contribution < 1.29 is 0 Å². The lowest BCUT2D eigenvalue weighted by Gasteiger charge is -2.36. The van der Waals surface area contributed by atoms with Gasteiger partial charge in [-0.3, -0.25) is 4.90 Å². The average Bonchev–Trinajstić information content (AvgIpc) is 3.29. The van der Waals surface area contributed by atoms with E-state index in [2.05, 4.69) is 78.4 Å². The van der Waals surface area contributed by atoms with Crippen molar-refractivity contribution >= 4 is 23.1 Å². The second kappa shape index (κ2) is 11.3. The van der Waals surface area contributed by atoms with E-state index in [1.165, 1.54) is 15.3 Å².